The summed E-state index contributed by atoms with van der Waals surface area (Å²) < 4.78 is 11.5. The summed E-state index contributed by atoms with van der Waals surface area (Å²) in [6, 6.07) is -1.06. The standard InChI is InChI=1S/C22H46N4O4S/c1-8-9-13-29-17(2)15-25-20(28)26-18(16-23-7)19(27)24-12-10-21(3,4)30-14-11-22(5,6)31/h17-18,23,31H,8-16H2,1-7H3,(H,24,27)(H2,25,26,28). The molecule has 0 aromatic rings. The molecule has 0 rings (SSSR count). The van der Waals surface area contributed by atoms with Crippen LogP contribution in [-0.2, 0) is 14.3 Å². The van der Waals surface area contributed by atoms with Gasteiger partial charge < -0.3 is 30.7 Å². The van der Waals surface area contributed by atoms with Crippen LogP contribution < -0.4 is 21.3 Å². The fourth-order valence-corrected chi connectivity index (χ4v) is 2.70. The van der Waals surface area contributed by atoms with Gasteiger partial charge in [-0.05, 0) is 47.1 Å². The lowest BCUT2D eigenvalue weighted by Gasteiger charge is -2.28. The summed E-state index contributed by atoms with van der Waals surface area (Å²) in [6.45, 7) is 14.6. The zero-order valence-corrected chi connectivity index (χ0v) is 21.5. The molecule has 0 aliphatic rings. The van der Waals surface area contributed by atoms with Gasteiger partial charge in [0.15, 0.2) is 0 Å². The molecule has 0 aromatic carbocycles. The first-order valence-electron chi connectivity index (χ1n) is 11.3. The van der Waals surface area contributed by atoms with E-state index in [1.165, 1.54) is 0 Å². The molecule has 31 heavy (non-hydrogen) atoms. The molecule has 8 nitrogen and oxygen atoms in total. The summed E-state index contributed by atoms with van der Waals surface area (Å²) >= 11 is 4.51. The van der Waals surface area contributed by atoms with Gasteiger partial charge in [0.2, 0.25) is 5.91 Å². The molecule has 0 saturated heterocycles. The maximum absolute atomic E-state index is 12.5. The van der Waals surface area contributed by atoms with Crippen molar-refractivity contribution in [3.63, 3.8) is 0 Å². The summed E-state index contributed by atoms with van der Waals surface area (Å²) in [7, 11) is 1.74. The molecule has 2 atom stereocenters. The van der Waals surface area contributed by atoms with Crippen molar-refractivity contribution in [1.82, 2.24) is 21.3 Å². The maximum Gasteiger partial charge on any atom is 0.315 e. The van der Waals surface area contributed by atoms with Gasteiger partial charge >= 0.3 is 6.03 Å². The van der Waals surface area contributed by atoms with Gasteiger partial charge in [-0.3, -0.25) is 4.79 Å². The van der Waals surface area contributed by atoms with Gasteiger partial charge in [0, 0.05) is 37.6 Å². The third kappa shape index (κ3) is 17.2. The van der Waals surface area contributed by atoms with E-state index in [0.717, 1.165) is 19.3 Å². The summed E-state index contributed by atoms with van der Waals surface area (Å²) in [5.74, 6) is -0.232. The number of thiol groups is 1. The Hall–Kier alpha value is -1.03. The number of hydrogen-bond donors (Lipinski definition) is 5. The van der Waals surface area contributed by atoms with Crippen molar-refractivity contribution in [3.05, 3.63) is 0 Å². The van der Waals surface area contributed by atoms with Crippen molar-refractivity contribution in [2.24, 2.45) is 0 Å². The fraction of sp³-hybridized carbons (Fsp3) is 0.909. The first kappa shape index (κ1) is 30.0. The average molecular weight is 463 g/mol. The highest BCUT2D eigenvalue weighted by Gasteiger charge is 2.23. The normalized spacial score (nSPS) is 14.1. The van der Waals surface area contributed by atoms with Crippen LogP contribution in [0.25, 0.3) is 0 Å². The topological polar surface area (TPSA) is 101 Å². The van der Waals surface area contributed by atoms with Crippen LogP contribution >= 0.6 is 12.6 Å². The summed E-state index contributed by atoms with van der Waals surface area (Å²) in [5.41, 5.74) is -0.358. The number of rotatable bonds is 17. The minimum absolute atomic E-state index is 0.0731. The largest absolute Gasteiger partial charge is 0.377 e. The average Bonchev–Trinajstić information content (AvgIpc) is 2.64. The Morgan fingerprint density at radius 1 is 1.03 bits per heavy atom. The molecular formula is C22H46N4O4S. The number of likely N-dealkylation sites (N-methyl/N-ethyl adjacent to an activating group) is 1. The van der Waals surface area contributed by atoms with E-state index in [0.29, 0.717) is 39.3 Å². The highest BCUT2D eigenvalue weighted by atomic mass is 32.1. The van der Waals surface area contributed by atoms with E-state index in [2.05, 4.69) is 54.7 Å². The van der Waals surface area contributed by atoms with E-state index in [9.17, 15) is 9.59 Å². The Labute approximate surface area is 194 Å². The fourth-order valence-electron chi connectivity index (χ4n) is 2.61. The first-order chi connectivity index (χ1) is 14.4. The van der Waals surface area contributed by atoms with Crippen molar-refractivity contribution in [1.29, 1.82) is 0 Å². The number of ether oxygens (including phenoxy) is 2. The lowest BCUT2D eigenvalue weighted by Crippen LogP contribution is -2.54. The lowest BCUT2D eigenvalue weighted by molar-refractivity contribution is -0.123. The van der Waals surface area contributed by atoms with Crippen molar-refractivity contribution in [2.45, 2.75) is 89.7 Å². The molecule has 2 unspecified atom stereocenters. The number of unbranched alkanes of at least 4 members (excludes halogenated alkanes) is 1. The Morgan fingerprint density at radius 2 is 1.71 bits per heavy atom. The monoisotopic (exact) mass is 462 g/mol. The predicted octanol–water partition coefficient (Wildman–Crippen LogP) is 2.48. The summed E-state index contributed by atoms with van der Waals surface area (Å²) in [4.78, 5) is 24.7. The second-order valence-corrected chi connectivity index (χ2v) is 10.4. The van der Waals surface area contributed by atoms with Crippen molar-refractivity contribution in [3.8, 4) is 0 Å². The molecule has 0 spiro atoms. The van der Waals surface area contributed by atoms with Gasteiger partial charge in [-0.25, -0.2) is 4.79 Å². The van der Waals surface area contributed by atoms with Gasteiger partial charge in [0.05, 0.1) is 11.7 Å². The molecule has 0 radical (unpaired) electrons. The molecule has 0 heterocycles. The zero-order valence-electron chi connectivity index (χ0n) is 20.6. The Bertz CT molecular complexity index is 512. The number of urea groups is 1. The van der Waals surface area contributed by atoms with E-state index >= 15 is 0 Å². The van der Waals surface area contributed by atoms with Crippen LogP contribution in [0.15, 0.2) is 0 Å². The van der Waals surface area contributed by atoms with Crippen LogP contribution in [0, 0.1) is 0 Å². The van der Waals surface area contributed by atoms with Crippen molar-refractivity contribution in [2.75, 3.05) is 39.9 Å². The van der Waals surface area contributed by atoms with Gasteiger partial charge in [0.1, 0.15) is 6.04 Å². The molecule has 3 amide bonds. The van der Waals surface area contributed by atoms with Crippen molar-refractivity contribution < 1.29 is 19.1 Å². The number of carbonyl (C=O) groups is 2. The molecule has 4 N–H and O–H groups in total. The van der Waals surface area contributed by atoms with E-state index in [1.54, 1.807) is 7.05 Å². The van der Waals surface area contributed by atoms with E-state index in [1.807, 2.05) is 20.8 Å². The van der Waals surface area contributed by atoms with E-state index < -0.39 is 6.04 Å². The van der Waals surface area contributed by atoms with Crippen LogP contribution in [-0.4, -0.2) is 74.3 Å². The van der Waals surface area contributed by atoms with Crippen LogP contribution in [0.3, 0.4) is 0 Å². The third-order valence-electron chi connectivity index (χ3n) is 4.71. The Balaban J connectivity index is 4.34. The molecular weight excluding hydrogens is 416 g/mol. The Morgan fingerprint density at radius 3 is 2.29 bits per heavy atom. The molecule has 0 saturated carbocycles. The van der Waals surface area contributed by atoms with Gasteiger partial charge in [0.25, 0.3) is 0 Å². The summed E-state index contributed by atoms with van der Waals surface area (Å²) in [5, 5.41) is 11.3. The van der Waals surface area contributed by atoms with E-state index in [-0.39, 0.29) is 28.4 Å². The SMILES string of the molecule is CCCCOC(C)CNC(=O)NC(CNC)C(=O)NCCC(C)(C)OCCC(C)(C)S. The number of amides is 3. The highest BCUT2D eigenvalue weighted by molar-refractivity contribution is 7.81. The maximum atomic E-state index is 12.5. The Kier molecular flexibility index (Phi) is 15.2. The molecule has 184 valence electrons. The summed E-state index contributed by atoms with van der Waals surface area (Å²) in [6.07, 6.45) is 3.49. The highest BCUT2D eigenvalue weighted by Crippen LogP contribution is 2.20. The molecule has 0 fully saturated rings. The zero-order chi connectivity index (χ0) is 23.9. The van der Waals surface area contributed by atoms with Crippen LogP contribution in [0.1, 0.15) is 67.2 Å². The molecule has 0 aromatic heterocycles. The van der Waals surface area contributed by atoms with Gasteiger partial charge in [-0.15, -0.1) is 0 Å². The second-order valence-electron chi connectivity index (χ2n) is 9.21. The first-order valence-corrected chi connectivity index (χ1v) is 11.8. The second kappa shape index (κ2) is 15.7. The van der Waals surface area contributed by atoms with Crippen LogP contribution in [0.4, 0.5) is 4.79 Å². The smallest absolute Gasteiger partial charge is 0.315 e. The minimum Gasteiger partial charge on any atom is -0.377 e. The molecule has 0 bridgehead atoms. The molecule has 0 aliphatic heterocycles. The van der Waals surface area contributed by atoms with Crippen LogP contribution in [0.2, 0.25) is 0 Å². The minimum atomic E-state index is -0.671. The molecule has 9 heteroatoms. The van der Waals surface area contributed by atoms with E-state index in [4.69, 9.17) is 9.47 Å². The molecule has 0 aliphatic carbocycles. The van der Waals surface area contributed by atoms with Gasteiger partial charge in [-0.1, -0.05) is 27.2 Å². The third-order valence-corrected chi connectivity index (χ3v) is 4.94. The van der Waals surface area contributed by atoms with Crippen LogP contribution in [0.5, 0.6) is 0 Å². The number of carbonyl (C=O) groups excluding carboxylic acids is 2. The quantitative estimate of drug-likeness (QED) is 0.169. The lowest BCUT2D eigenvalue weighted by atomic mass is 10.0. The number of hydrogen-bond acceptors (Lipinski definition) is 6. The predicted molar refractivity (Wildman–Crippen MR) is 130 cm³/mol. The number of nitrogens with one attached hydrogen (secondary N) is 4. The van der Waals surface area contributed by atoms with Gasteiger partial charge in [-0.2, -0.15) is 12.6 Å². The van der Waals surface area contributed by atoms with Crippen molar-refractivity contribution >= 4 is 24.6 Å².